The maximum atomic E-state index is 5.76. The lowest BCUT2D eigenvalue weighted by atomic mass is 9.77. The molecule has 0 saturated carbocycles. The first-order chi connectivity index (χ1) is 8.79. The number of aryl methyl sites for hydroxylation is 1. The third-order valence-corrected chi connectivity index (χ3v) is 4.38. The van der Waals surface area contributed by atoms with E-state index in [1.54, 1.807) is 0 Å². The van der Waals surface area contributed by atoms with Crippen LogP contribution in [0.4, 0.5) is 5.95 Å². The van der Waals surface area contributed by atoms with E-state index < -0.39 is 0 Å². The summed E-state index contributed by atoms with van der Waals surface area (Å²) in [6, 6.07) is 0.681. The smallest absolute Gasteiger partial charge is 0.220 e. The summed E-state index contributed by atoms with van der Waals surface area (Å²) in [5.74, 6) is 1.02. The van der Waals surface area contributed by atoms with Gasteiger partial charge in [0.1, 0.15) is 0 Å². The van der Waals surface area contributed by atoms with E-state index >= 15 is 0 Å². The van der Waals surface area contributed by atoms with Gasteiger partial charge in [0.05, 0.1) is 5.69 Å². The van der Waals surface area contributed by atoms with Crippen LogP contribution in [0.5, 0.6) is 0 Å². The van der Waals surface area contributed by atoms with E-state index in [1.807, 2.05) is 6.20 Å². The fourth-order valence-corrected chi connectivity index (χ4v) is 3.65. The van der Waals surface area contributed by atoms with Crippen LogP contribution in [-0.2, 0) is 6.42 Å². The Kier molecular flexibility index (Phi) is 3.20. The van der Waals surface area contributed by atoms with Gasteiger partial charge in [-0.05, 0) is 50.8 Å². The molecule has 1 aliphatic heterocycles. The number of aromatic nitrogens is 2. The maximum Gasteiger partial charge on any atom is 0.220 e. The van der Waals surface area contributed by atoms with Crippen LogP contribution in [0, 0.1) is 0 Å². The monoisotopic (exact) mass is 246 g/mol. The van der Waals surface area contributed by atoms with Crippen LogP contribution in [0.2, 0.25) is 0 Å². The molecule has 1 saturated heterocycles. The highest BCUT2D eigenvalue weighted by atomic mass is 15.2. The van der Waals surface area contributed by atoms with Crippen molar-refractivity contribution in [3.63, 3.8) is 0 Å². The number of piperidine rings is 1. The van der Waals surface area contributed by atoms with E-state index in [2.05, 4.69) is 21.8 Å². The van der Waals surface area contributed by atoms with Crippen LogP contribution in [0.15, 0.2) is 6.20 Å². The van der Waals surface area contributed by atoms with Crippen LogP contribution < -0.4 is 5.73 Å². The van der Waals surface area contributed by atoms with Crippen molar-refractivity contribution in [2.45, 2.75) is 51.0 Å². The molecule has 2 aliphatic rings. The second kappa shape index (κ2) is 4.84. The number of fused-ring (bicyclic) bond motifs is 3. The Bertz CT molecular complexity index is 430. The molecule has 2 atom stereocenters. The number of hydrogen-bond acceptors (Lipinski definition) is 4. The summed E-state index contributed by atoms with van der Waals surface area (Å²) in [4.78, 5) is 11.3. The highest BCUT2D eigenvalue weighted by molar-refractivity contribution is 5.32. The van der Waals surface area contributed by atoms with Crippen molar-refractivity contribution < 1.29 is 0 Å². The molecule has 0 unspecified atom stereocenters. The molecule has 0 radical (unpaired) electrons. The Morgan fingerprint density at radius 3 is 3.17 bits per heavy atom. The normalized spacial score (nSPS) is 27.6. The van der Waals surface area contributed by atoms with Gasteiger partial charge in [0.25, 0.3) is 0 Å². The molecule has 18 heavy (non-hydrogen) atoms. The topological polar surface area (TPSA) is 55.0 Å². The lowest BCUT2D eigenvalue weighted by Gasteiger charge is -2.44. The zero-order chi connectivity index (χ0) is 12.5. The van der Waals surface area contributed by atoms with Gasteiger partial charge in [-0.15, -0.1) is 0 Å². The number of hydrogen-bond donors (Lipinski definition) is 1. The quantitative estimate of drug-likeness (QED) is 0.866. The summed E-state index contributed by atoms with van der Waals surface area (Å²) in [6.07, 6.45) is 8.08. The fourth-order valence-electron chi connectivity index (χ4n) is 3.65. The average Bonchev–Trinajstić information content (AvgIpc) is 2.39. The first-order valence-electron chi connectivity index (χ1n) is 7.15. The SMILES string of the molecule is CCCN1CCC[C@H]2c3nc(N)ncc3CC[C@@H]21. The van der Waals surface area contributed by atoms with Crippen LogP contribution in [-0.4, -0.2) is 34.0 Å². The molecule has 98 valence electrons. The van der Waals surface area contributed by atoms with Gasteiger partial charge in [0.15, 0.2) is 0 Å². The van der Waals surface area contributed by atoms with Crippen LogP contribution >= 0.6 is 0 Å². The summed E-state index contributed by atoms with van der Waals surface area (Å²) in [5, 5.41) is 0. The van der Waals surface area contributed by atoms with E-state index in [1.165, 1.54) is 50.0 Å². The van der Waals surface area contributed by atoms with Crippen LogP contribution in [0.1, 0.15) is 49.8 Å². The standard InChI is InChI=1S/C14H22N4/c1-2-7-18-8-3-4-11-12(18)6-5-10-9-16-14(15)17-13(10)11/h9,11-12H,2-8H2,1H3,(H2,15,16,17)/t11-,12+/m1/s1. The Labute approximate surface area is 109 Å². The Balaban J connectivity index is 1.91. The molecule has 0 bridgehead atoms. The summed E-state index contributed by atoms with van der Waals surface area (Å²) < 4.78 is 0. The van der Waals surface area contributed by atoms with Gasteiger partial charge in [-0.1, -0.05) is 6.92 Å². The highest BCUT2D eigenvalue weighted by Gasteiger charge is 2.36. The zero-order valence-electron chi connectivity index (χ0n) is 11.1. The van der Waals surface area contributed by atoms with E-state index in [0.29, 0.717) is 17.9 Å². The van der Waals surface area contributed by atoms with Gasteiger partial charge in [0.2, 0.25) is 5.95 Å². The number of likely N-dealkylation sites (tertiary alicyclic amines) is 1. The number of nitrogens with two attached hydrogens (primary N) is 1. The Morgan fingerprint density at radius 2 is 2.33 bits per heavy atom. The molecule has 1 aromatic rings. The minimum atomic E-state index is 0.432. The molecule has 4 heteroatoms. The Hall–Kier alpha value is -1.16. The van der Waals surface area contributed by atoms with Crippen molar-refractivity contribution >= 4 is 5.95 Å². The van der Waals surface area contributed by atoms with Gasteiger partial charge < -0.3 is 5.73 Å². The Morgan fingerprint density at radius 1 is 1.44 bits per heavy atom. The molecule has 0 aromatic carbocycles. The van der Waals surface area contributed by atoms with E-state index in [-0.39, 0.29) is 0 Å². The van der Waals surface area contributed by atoms with E-state index in [4.69, 9.17) is 5.73 Å². The molecular formula is C14H22N4. The first kappa shape index (κ1) is 11.9. The van der Waals surface area contributed by atoms with Crippen molar-refractivity contribution in [2.24, 2.45) is 0 Å². The van der Waals surface area contributed by atoms with E-state index in [0.717, 1.165) is 6.42 Å². The highest BCUT2D eigenvalue weighted by Crippen LogP contribution is 2.39. The predicted octanol–water partition coefficient (Wildman–Crippen LogP) is 1.96. The number of anilines is 1. The minimum absolute atomic E-state index is 0.432. The van der Waals surface area contributed by atoms with E-state index in [9.17, 15) is 0 Å². The lowest BCUT2D eigenvalue weighted by Crippen LogP contribution is -2.46. The third kappa shape index (κ3) is 1.99. The lowest BCUT2D eigenvalue weighted by molar-refractivity contribution is 0.111. The minimum Gasteiger partial charge on any atom is -0.368 e. The van der Waals surface area contributed by atoms with Crippen molar-refractivity contribution in [3.05, 3.63) is 17.5 Å². The molecule has 1 aliphatic carbocycles. The van der Waals surface area contributed by atoms with Crippen LogP contribution in [0.3, 0.4) is 0 Å². The largest absolute Gasteiger partial charge is 0.368 e. The number of nitrogens with zero attached hydrogens (tertiary/aromatic N) is 3. The predicted molar refractivity (Wildman–Crippen MR) is 72.4 cm³/mol. The van der Waals surface area contributed by atoms with Crippen LogP contribution in [0.25, 0.3) is 0 Å². The molecule has 3 rings (SSSR count). The molecule has 2 N–H and O–H groups in total. The van der Waals surface area contributed by atoms with Crippen molar-refractivity contribution in [2.75, 3.05) is 18.8 Å². The summed E-state index contributed by atoms with van der Waals surface area (Å²) >= 11 is 0. The van der Waals surface area contributed by atoms with Crippen molar-refractivity contribution in [3.8, 4) is 0 Å². The number of nitrogen functional groups attached to an aromatic ring is 1. The zero-order valence-corrected chi connectivity index (χ0v) is 11.1. The molecule has 4 nitrogen and oxygen atoms in total. The second-order valence-corrected chi connectivity index (χ2v) is 5.53. The third-order valence-electron chi connectivity index (χ3n) is 4.38. The summed E-state index contributed by atoms with van der Waals surface area (Å²) in [5.41, 5.74) is 8.32. The summed E-state index contributed by atoms with van der Waals surface area (Å²) in [7, 11) is 0. The van der Waals surface area contributed by atoms with Crippen molar-refractivity contribution in [1.82, 2.24) is 14.9 Å². The molecule has 0 amide bonds. The van der Waals surface area contributed by atoms with Gasteiger partial charge in [-0.2, -0.15) is 0 Å². The fraction of sp³-hybridized carbons (Fsp3) is 0.714. The number of rotatable bonds is 2. The maximum absolute atomic E-state index is 5.76. The molecule has 0 spiro atoms. The first-order valence-corrected chi connectivity index (χ1v) is 7.15. The average molecular weight is 246 g/mol. The molecule has 1 fully saturated rings. The molecule has 2 heterocycles. The van der Waals surface area contributed by atoms with Gasteiger partial charge in [0, 0.05) is 18.2 Å². The molecular weight excluding hydrogens is 224 g/mol. The summed E-state index contributed by atoms with van der Waals surface area (Å²) in [6.45, 7) is 4.74. The van der Waals surface area contributed by atoms with Gasteiger partial charge >= 0.3 is 0 Å². The van der Waals surface area contributed by atoms with Gasteiger partial charge in [-0.25, -0.2) is 9.97 Å². The van der Waals surface area contributed by atoms with Crippen molar-refractivity contribution in [1.29, 1.82) is 0 Å². The van der Waals surface area contributed by atoms with Gasteiger partial charge in [-0.3, -0.25) is 4.90 Å². The second-order valence-electron chi connectivity index (χ2n) is 5.53. The molecule has 1 aromatic heterocycles.